The topological polar surface area (TPSA) is 0 Å². The lowest BCUT2D eigenvalue weighted by molar-refractivity contribution is 1.82. The van der Waals surface area contributed by atoms with Crippen molar-refractivity contribution >= 4 is 56.2 Å². The first-order valence-corrected chi connectivity index (χ1v) is 5.43. The molecule has 1 aromatic carbocycles. The molecule has 0 N–H and O–H groups in total. The number of hydrogen-bond donors (Lipinski definition) is 0. The molecule has 1 radical (unpaired) electrons. The number of fused-ring (bicyclic) bond motifs is 1. The fraction of sp³-hybridized carbons (Fsp3) is 0. The third kappa shape index (κ3) is 1.55. The van der Waals surface area contributed by atoms with Gasteiger partial charge >= 0.3 is 0 Å². The van der Waals surface area contributed by atoms with Gasteiger partial charge in [-0.15, -0.1) is 11.3 Å². The zero-order chi connectivity index (χ0) is 9.59. The summed E-state index contributed by atoms with van der Waals surface area (Å²) in [7, 11) is 0. The molecule has 67 valence electrons. The fourth-order valence-electron chi connectivity index (χ4n) is 1.14. The number of benzene rings is 1. The predicted octanol–water partition coefficient (Wildman–Crippen LogP) is 5.04. The van der Waals surface area contributed by atoms with Crippen LogP contribution < -0.4 is 0 Å². The van der Waals surface area contributed by atoms with Crippen LogP contribution in [0.2, 0.25) is 15.1 Å². The Labute approximate surface area is 95.0 Å². The van der Waals surface area contributed by atoms with Crippen LogP contribution in [0.3, 0.4) is 0 Å². The molecule has 0 saturated heterocycles. The molecule has 0 unspecified atom stereocenters. The summed E-state index contributed by atoms with van der Waals surface area (Å²) in [4.78, 5) is 0.954. The van der Waals surface area contributed by atoms with Crippen LogP contribution in [0.4, 0.5) is 0 Å². The molecule has 0 nitrogen and oxygen atoms in total. The monoisotopic (exact) mass is 249 g/mol. The molecular weight excluding hydrogens is 247 g/mol. The average Bonchev–Trinajstić information content (AvgIpc) is 2.42. The Hall–Kier alpha value is 0.0500. The second-order valence-corrected chi connectivity index (χ2v) is 4.94. The van der Waals surface area contributed by atoms with E-state index in [1.165, 1.54) is 0 Å². The van der Waals surface area contributed by atoms with Crippen molar-refractivity contribution in [3.05, 3.63) is 39.0 Å². The summed E-state index contributed by atoms with van der Waals surface area (Å²) in [5, 5.41) is 2.33. The van der Waals surface area contributed by atoms with Gasteiger partial charge in [-0.2, -0.15) is 0 Å². The Balaban J connectivity index is 2.92. The van der Waals surface area contributed by atoms with Gasteiger partial charge in [0.25, 0.3) is 0 Å². The van der Waals surface area contributed by atoms with Crippen LogP contribution in [-0.2, 0) is 0 Å². The molecule has 2 aromatic rings. The standard InChI is InChI=1S/C9H4Cl3S/c1-4-2-5-7(13-4)3-6(10)9(12)8(5)11/h2-3H,1H2. The van der Waals surface area contributed by atoms with E-state index in [0.717, 1.165) is 15.0 Å². The Morgan fingerprint density at radius 2 is 1.77 bits per heavy atom. The first-order chi connectivity index (χ1) is 6.09. The van der Waals surface area contributed by atoms with E-state index in [0.29, 0.717) is 15.1 Å². The number of halogens is 3. The van der Waals surface area contributed by atoms with Crippen LogP contribution in [0.25, 0.3) is 10.1 Å². The maximum absolute atomic E-state index is 6.01. The SMILES string of the molecule is [CH2]c1cc2c(Cl)c(Cl)c(Cl)cc2s1. The highest BCUT2D eigenvalue weighted by Gasteiger charge is 2.10. The van der Waals surface area contributed by atoms with Gasteiger partial charge in [-0.25, -0.2) is 0 Å². The molecule has 0 aliphatic heterocycles. The van der Waals surface area contributed by atoms with Crippen molar-refractivity contribution < 1.29 is 0 Å². The molecule has 0 atom stereocenters. The quantitative estimate of drug-likeness (QED) is 0.574. The van der Waals surface area contributed by atoms with Crippen LogP contribution >= 0.6 is 46.1 Å². The van der Waals surface area contributed by atoms with Gasteiger partial charge in [-0.3, -0.25) is 0 Å². The highest BCUT2D eigenvalue weighted by Crippen LogP contribution is 2.39. The van der Waals surface area contributed by atoms with Crippen LogP contribution in [0.15, 0.2) is 12.1 Å². The number of rotatable bonds is 0. The van der Waals surface area contributed by atoms with Gasteiger partial charge in [0.15, 0.2) is 0 Å². The molecule has 0 fully saturated rings. The minimum Gasteiger partial charge on any atom is -0.140 e. The molecule has 13 heavy (non-hydrogen) atoms. The van der Waals surface area contributed by atoms with Gasteiger partial charge in [-0.05, 0) is 19.1 Å². The minimum atomic E-state index is 0.411. The maximum Gasteiger partial charge on any atom is 0.0785 e. The van der Waals surface area contributed by atoms with Gasteiger partial charge in [0.2, 0.25) is 0 Å². The molecule has 1 aromatic heterocycles. The van der Waals surface area contributed by atoms with Gasteiger partial charge < -0.3 is 0 Å². The molecule has 0 aliphatic carbocycles. The van der Waals surface area contributed by atoms with Crippen molar-refractivity contribution in [3.63, 3.8) is 0 Å². The molecule has 0 bridgehead atoms. The Bertz CT molecular complexity index is 473. The van der Waals surface area contributed by atoms with Gasteiger partial charge in [-0.1, -0.05) is 34.8 Å². The Kier molecular flexibility index (Phi) is 2.45. The lowest BCUT2D eigenvalue weighted by Gasteiger charge is -1.99. The largest absolute Gasteiger partial charge is 0.140 e. The molecule has 0 saturated carbocycles. The van der Waals surface area contributed by atoms with Gasteiger partial charge in [0.05, 0.1) is 15.1 Å². The third-order valence-electron chi connectivity index (χ3n) is 1.71. The van der Waals surface area contributed by atoms with Crippen molar-refractivity contribution in [1.82, 2.24) is 0 Å². The van der Waals surface area contributed by atoms with E-state index in [1.807, 2.05) is 12.1 Å². The van der Waals surface area contributed by atoms with Crippen molar-refractivity contribution in [1.29, 1.82) is 0 Å². The first kappa shape index (κ1) is 9.60. The number of hydrogen-bond acceptors (Lipinski definition) is 1. The summed E-state index contributed by atoms with van der Waals surface area (Å²) >= 11 is 19.3. The second kappa shape index (κ2) is 3.32. The van der Waals surface area contributed by atoms with E-state index in [9.17, 15) is 0 Å². The molecule has 2 rings (SSSR count). The number of thiophene rings is 1. The minimum absolute atomic E-state index is 0.411. The lowest BCUT2D eigenvalue weighted by atomic mass is 10.2. The molecule has 4 heteroatoms. The van der Waals surface area contributed by atoms with Crippen LogP contribution in [0.5, 0.6) is 0 Å². The van der Waals surface area contributed by atoms with E-state index in [4.69, 9.17) is 34.8 Å². The first-order valence-electron chi connectivity index (χ1n) is 3.48. The van der Waals surface area contributed by atoms with Crippen molar-refractivity contribution in [2.45, 2.75) is 0 Å². The van der Waals surface area contributed by atoms with Crippen molar-refractivity contribution in [2.75, 3.05) is 0 Å². The van der Waals surface area contributed by atoms with Crippen LogP contribution in [0, 0.1) is 6.92 Å². The van der Waals surface area contributed by atoms with E-state index in [-0.39, 0.29) is 0 Å². The average molecular weight is 251 g/mol. The lowest BCUT2D eigenvalue weighted by Crippen LogP contribution is -1.72. The van der Waals surface area contributed by atoms with E-state index >= 15 is 0 Å². The third-order valence-corrected chi connectivity index (χ3v) is 3.92. The van der Waals surface area contributed by atoms with Gasteiger partial charge in [0, 0.05) is 15.0 Å². The molecule has 0 amide bonds. The zero-order valence-corrected chi connectivity index (χ0v) is 9.49. The Morgan fingerprint density at radius 1 is 1.08 bits per heavy atom. The normalized spacial score (nSPS) is 11.1. The summed E-state index contributed by atoms with van der Waals surface area (Å²) in [5.74, 6) is 0. The fourth-order valence-corrected chi connectivity index (χ4v) is 2.83. The Morgan fingerprint density at radius 3 is 2.46 bits per heavy atom. The smallest absolute Gasteiger partial charge is 0.0785 e. The van der Waals surface area contributed by atoms with Crippen molar-refractivity contribution in [2.24, 2.45) is 0 Å². The molecule has 0 aliphatic rings. The molecule has 0 spiro atoms. The van der Waals surface area contributed by atoms with E-state index in [2.05, 4.69) is 6.92 Å². The molecule has 1 heterocycles. The predicted molar refractivity (Wildman–Crippen MR) is 61.3 cm³/mol. The summed E-state index contributed by atoms with van der Waals surface area (Å²) in [6.45, 7) is 3.83. The second-order valence-electron chi connectivity index (χ2n) is 2.61. The summed E-state index contributed by atoms with van der Waals surface area (Å²) < 4.78 is 1.02. The van der Waals surface area contributed by atoms with E-state index in [1.54, 1.807) is 11.3 Å². The highest BCUT2D eigenvalue weighted by molar-refractivity contribution is 7.19. The highest BCUT2D eigenvalue weighted by atomic mass is 35.5. The summed E-state index contributed by atoms with van der Waals surface area (Å²) in [6.07, 6.45) is 0. The zero-order valence-electron chi connectivity index (χ0n) is 6.40. The molecular formula is C9H4Cl3S. The van der Waals surface area contributed by atoms with Crippen LogP contribution in [-0.4, -0.2) is 0 Å². The maximum atomic E-state index is 6.01. The van der Waals surface area contributed by atoms with E-state index < -0.39 is 0 Å². The van der Waals surface area contributed by atoms with Crippen molar-refractivity contribution in [3.8, 4) is 0 Å². The summed E-state index contributed by atoms with van der Waals surface area (Å²) in [5.41, 5.74) is 0. The summed E-state index contributed by atoms with van der Waals surface area (Å²) in [6, 6.07) is 3.72. The van der Waals surface area contributed by atoms with Gasteiger partial charge in [0.1, 0.15) is 0 Å². The van der Waals surface area contributed by atoms with Crippen LogP contribution in [0.1, 0.15) is 4.88 Å².